The topological polar surface area (TPSA) is 106 Å². The van der Waals surface area contributed by atoms with E-state index in [0.717, 1.165) is 21.3 Å². The van der Waals surface area contributed by atoms with Crippen LogP contribution in [0.5, 0.6) is 0 Å². The zero-order valence-electron chi connectivity index (χ0n) is 14.5. The summed E-state index contributed by atoms with van der Waals surface area (Å²) in [5.41, 5.74) is 10.9. The second-order valence-electron chi connectivity index (χ2n) is 6.62. The summed E-state index contributed by atoms with van der Waals surface area (Å²) in [6.07, 6.45) is 0.314. The molecule has 2 aromatic heterocycles. The van der Waals surface area contributed by atoms with Crippen LogP contribution in [0.25, 0.3) is 10.2 Å². The number of aromatic nitrogens is 3. The molecule has 138 valence electrons. The highest BCUT2D eigenvalue weighted by molar-refractivity contribution is 7.17. The Kier molecular flexibility index (Phi) is 3.91. The Morgan fingerprint density at radius 2 is 2.11 bits per heavy atom. The molecule has 5 rings (SSSR count). The van der Waals surface area contributed by atoms with Gasteiger partial charge in [-0.05, 0) is 11.6 Å². The first-order valence-electron chi connectivity index (χ1n) is 8.83. The van der Waals surface area contributed by atoms with Crippen molar-refractivity contribution in [1.29, 1.82) is 0 Å². The van der Waals surface area contributed by atoms with E-state index in [1.54, 1.807) is 11.3 Å². The summed E-state index contributed by atoms with van der Waals surface area (Å²) in [4.78, 5) is 28.0. The number of nitrogens with one attached hydrogen (secondary N) is 1. The molecule has 8 nitrogen and oxygen atoms in total. The molecule has 1 aromatic carbocycles. The minimum atomic E-state index is -0.184. The van der Waals surface area contributed by atoms with Gasteiger partial charge in [0.05, 0.1) is 28.9 Å². The normalized spacial score (nSPS) is 19.8. The minimum absolute atomic E-state index is 0.0694. The highest BCUT2D eigenvalue weighted by Gasteiger charge is 2.33. The van der Waals surface area contributed by atoms with Crippen LogP contribution in [0.3, 0.4) is 0 Å². The maximum atomic E-state index is 12.4. The summed E-state index contributed by atoms with van der Waals surface area (Å²) in [7, 11) is 0. The molecule has 3 N–H and O–H groups in total. The van der Waals surface area contributed by atoms with Crippen LogP contribution in [-0.4, -0.2) is 47.2 Å². The molecule has 9 heteroatoms. The highest BCUT2D eigenvalue weighted by atomic mass is 32.1. The molecule has 0 spiro atoms. The molecular formula is C18H18N6O2S. The summed E-state index contributed by atoms with van der Waals surface area (Å²) in [6.45, 7) is 2.66. The molecule has 0 bridgehead atoms. The van der Waals surface area contributed by atoms with Gasteiger partial charge in [-0.3, -0.25) is 4.79 Å². The lowest BCUT2D eigenvalue weighted by atomic mass is 9.86. The molecule has 1 fully saturated rings. The summed E-state index contributed by atoms with van der Waals surface area (Å²) in [6, 6.07) is 5.96. The lowest BCUT2D eigenvalue weighted by Gasteiger charge is -2.30. The Morgan fingerprint density at radius 3 is 2.96 bits per heavy atom. The average Bonchev–Trinajstić information content (AvgIpc) is 3.16. The second-order valence-corrected chi connectivity index (χ2v) is 7.48. The zero-order valence-corrected chi connectivity index (χ0v) is 15.3. The summed E-state index contributed by atoms with van der Waals surface area (Å²) in [5, 5.41) is 2.88. The van der Waals surface area contributed by atoms with Gasteiger partial charge < -0.3 is 20.7 Å². The molecule has 3 aromatic rings. The fourth-order valence-electron chi connectivity index (χ4n) is 3.74. The van der Waals surface area contributed by atoms with Crippen molar-refractivity contribution in [2.24, 2.45) is 0 Å². The Bertz CT molecular complexity index is 1030. The highest BCUT2D eigenvalue weighted by Crippen LogP contribution is 2.42. The third-order valence-corrected chi connectivity index (χ3v) is 5.91. The van der Waals surface area contributed by atoms with Gasteiger partial charge in [-0.25, -0.2) is 4.98 Å². The number of thiazole rings is 1. The minimum Gasteiger partial charge on any atom is -0.383 e. The van der Waals surface area contributed by atoms with E-state index in [0.29, 0.717) is 50.3 Å². The lowest BCUT2D eigenvalue weighted by Crippen LogP contribution is -2.38. The first-order chi connectivity index (χ1) is 13.2. The predicted molar refractivity (Wildman–Crippen MR) is 104 cm³/mol. The first-order valence-corrected chi connectivity index (χ1v) is 9.71. The second kappa shape index (κ2) is 6.43. The van der Waals surface area contributed by atoms with E-state index in [-0.39, 0.29) is 11.8 Å². The van der Waals surface area contributed by atoms with Crippen molar-refractivity contribution < 1.29 is 9.53 Å². The van der Waals surface area contributed by atoms with Crippen molar-refractivity contribution in [2.45, 2.75) is 12.3 Å². The van der Waals surface area contributed by atoms with E-state index in [9.17, 15) is 4.79 Å². The molecule has 27 heavy (non-hydrogen) atoms. The number of rotatable bonds is 2. The van der Waals surface area contributed by atoms with Gasteiger partial charge in [0.25, 0.3) is 0 Å². The zero-order chi connectivity index (χ0) is 18.4. The van der Waals surface area contributed by atoms with Crippen LogP contribution in [0.4, 0.5) is 17.6 Å². The van der Waals surface area contributed by atoms with Gasteiger partial charge in [-0.1, -0.05) is 12.1 Å². The van der Waals surface area contributed by atoms with Gasteiger partial charge in [-0.15, -0.1) is 11.3 Å². The average molecular weight is 382 g/mol. The number of amides is 1. The number of nitrogens with two attached hydrogens (primary N) is 1. The van der Waals surface area contributed by atoms with Crippen LogP contribution in [0.2, 0.25) is 0 Å². The van der Waals surface area contributed by atoms with Gasteiger partial charge in [0.2, 0.25) is 11.9 Å². The molecule has 2 aliphatic rings. The van der Waals surface area contributed by atoms with Crippen LogP contribution in [0.15, 0.2) is 23.7 Å². The largest absolute Gasteiger partial charge is 0.383 e. The molecule has 0 saturated carbocycles. The van der Waals surface area contributed by atoms with Crippen molar-refractivity contribution in [3.8, 4) is 0 Å². The predicted octanol–water partition coefficient (Wildman–Crippen LogP) is 1.98. The van der Waals surface area contributed by atoms with E-state index in [2.05, 4.69) is 20.3 Å². The monoisotopic (exact) mass is 382 g/mol. The van der Waals surface area contributed by atoms with Crippen LogP contribution >= 0.6 is 11.3 Å². The van der Waals surface area contributed by atoms with Crippen molar-refractivity contribution >= 4 is 45.0 Å². The van der Waals surface area contributed by atoms with E-state index in [1.165, 1.54) is 0 Å². The van der Waals surface area contributed by atoms with Crippen LogP contribution in [0, 0.1) is 0 Å². The molecule has 1 unspecified atom stereocenters. The van der Waals surface area contributed by atoms with E-state index < -0.39 is 0 Å². The standard InChI is InChI=1S/C18H18N6O2S/c19-16-14-11(10-2-1-3-12-15(10)27-9-20-12)8-13(25)21-17(14)23-18(22-16)24-4-6-26-7-5-24/h1-3,9,11H,4-8H2,(H3,19,21,22,23,25). The lowest BCUT2D eigenvalue weighted by molar-refractivity contribution is -0.116. The Labute approximate surface area is 159 Å². The van der Waals surface area contributed by atoms with E-state index in [4.69, 9.17) is 10.5 Å². The number of nitrogens with zero attached hydrogens (tertiary/aromatic N) is 4. The van der Waals surface area contributed by atoms with Crippen LogP contribution in [-0.2, 0) is 9.53 Å². The third-order valence-electron chi connectivity index (χ3n) is 5.02. The Morgan fingerprint density at radius 1 is 1.26 bits per heavy atom. The number of fused-ring (bicyclic) bond motifs is 2. The van der Waals surface area contributed by atoms with Crippen molar-refractivity contribution in [3.63, 3.8) is 0 Å². The van der Waals surface area contributed by atoms with Crippen molar-refractivity contribution in [1.82, 2.24) is 15.0 Å². The number of anilines is 3. The van der Waals surface area contributed by atoms with Crippen LogP contribution in [0.1, 0.15) is 23.5 Å². The number of nitrogen functional groups attached to an aromatic ring is 1. The van der Waals surface area contributed by atoms with Gasteiger partial charge in [0.1, 0.15) is 11.6 Å². The van der Waals surface area contributed by atoms with Gasteiger partial charge >= 0.3 is 0 Å². The molecule has 0 aliphatic carbocycles. The third kappa shape index (κ3) is 2.79. The molecule has 1 amide bonds. The number of hydrogen-bond donors (Lipinski definition) is 2. The smallest absolute Gasteiger partial charge is 0.229 e. The number of ether oxygens (including phenoxy) is 1. The Balaban J connectivity index is 1.63. The van der Waals surface area contributed by atoms with E-state index in [1.807, 2.05) is 28.6 Å². The van der Waals surface area contributed by atoms with Gasteiger partial charge in [-0.2, -0.15) is 9.97 Å². The van der Waals surface area contributed by atoms with Gasteiger partial charge in [0.15, 0.2) is 0 Å². The number of carbonyl (C=O) groups is 1. The quantitative estimate of drug-likeness (QED) is 0.698. The fraction of sp³-hybridized carbons (Fsp3) is 0.333. The molecule has 1 atom stereocenters. The molecule has 0 radical (unpaired) electrons. The summed E-state index contributed by atoms with van der Waals surface area (Å²) >= 11 is 1.57. The number of hydrogen-bond acceptors (Lipinski definition) is 8. The maximum Gasteiger partial charge on any atom is 0.229 e. The summed E-state index contributed by atoms with van der Waals surface area (Å²) in [5.74, 6) is 1.20. The molecule has 4 heterocycles. The number of benzene rings is 1. The molecule has 1 saturated heterocycles. The van der Waals surface area contributed by atoms with Crippen molar-refractivity contribution in [2.75, 3.05) is 42.3 Å². The Hall–Kier alpha value is -2.78. The molecule has 2 aliphatic heterocycles. The SMILES string of the molecule is Nc1nc(N2CCOCC2)nc2c1C(c1cccc3ncsc13)CC(=O)N2. The van der Waals surface area contributed by atoms with Gasteiger partial charge in [0, 0.05) is 31.0 Å². The van der Waals surface area contributed by atoms with Crippen LogP contribution < -0.4 is 16.0 Å². The fourth-order valence-corrected chi connectivity index (χ4v) is 4.60. The number of morpholine rings is 1. The number of carbonyl (C=O) groups excluding carboxylic acids is 1. The summed E-state index contributed by atoms with van der Waals surface area (Å²) < 4.78 is 6.46. The van der Waals surface area contributed by atoms with E-state index >= 15 is 0 Å². The molecular weight excluding hydrogens is 364 g/mol. The maximum absolute atomic E-state index is 12.4. The first kappa shape index (κ1) is 16.4. The van der Waals surface area contributed by atoms with Crippen molar-refractivity contribution in [3.05, 3.63) is 34.8 Å².